The Morgan fingerprint density at radius 1 is 0.515 bits per heavy atom. The zero-order valence-corrected chi connectivity index (χ0v) is 42.3. The highest BCUT2D eigenvalue weighted by molar-refractivity contribution is 5.76. The molecule has 0 bridgehead atoms. The van der Waals surface area contributed by atoms with Gasteiger partial charge < -0.3 is 40.3 Å². The fraction of sp³-hybridized carbons (Fsp3) is 0.610. The molecule has 1 fully saturated rings. The molecule has 384 valence electrons. The first-order chi connectivity index (χ1) is 33.3. The maximum Gasteiger partial charge on any atom is 0.220 e. The first-order valence-corrected chi connectivity index (χ1v) is 26.4. The van der Waals surface area contributed by atoms with Gasteiger partial charge in [0.2, 0.25) is 5.91 Å². The van der Waals surface area contributed by atoms with E-state index in [4.69, 9.17) is 9.47 Å². The lowest BCUT2D eigenvalue weighted by Crippen LogP contribution is -2.60. The van der Waals surface area contributed by atoms with Crippen LogP contribution in [0.25, 0.3) is 0 Å². The molecule has 6 N–H and O–H groups in total. The molecule has 0 aromatic heterocycles. The van der Waals surface area contributed by atoms with Gasteiger partial charge in [-0.05, 0) is 103 Å². The van der Waals surface area contributed by atoms with Crippen LogP contribution in [0, 0.1) is 0 Å². The summed E-state index contributed by atoms with van der Waals surface area (Å²) in [5, 5.41) is 54.2. The molecule has 9 heteroatoms. The van der Waals surface area contributed by atoms with Crippen molar-refractivity contribution in [2.75, 3.05) is 13.2 Å². The molecule has 9 nitrogen and oxygen atoms in total. The Kier molecular flexibility index (Phi) is 43.1. The smallest absolute Gasteiger partial charge is 0.220 e. The second-order valence-electron chi connectivity index (χ2n) is 17.6. The molecule has 7 atom stereocenters. The van der Waals surface area contributed by atoms with Crippen LogP contribution in [-0.2, 0) is 14.3 Å². The van der Waals surface area contributed by atoms with Crippen molar-refractivity contribution in [3.8, 4) is 0 Å². The minimum absolute atomic E-state index is 0.208. The second kappa shape index (κ2) is 47.0. The molecule has 1 aliphatic heterocycles. The van der Waals surface area contributed by atoms with E-state index < -0.39 is 49.5 Å². The molecule has 0 saturated carbocycles. The van der Waals surface area contributed by atoms with Gasteiger partial charge in [-0.25, -0.2) is 0 Å². The lowest BCUT2D eigenvalue weighted by atomic mass is 9.99. The Hall–Kier alpha value is -3.67. The molecule has 1 amide bonds. The Balaban J connectivity index is 2.23. The normalized spacial score (nSPS) is 20.7. The van der Waals surface area contributed by atoms with Crippen molar-refractivity contribution in [1.29, 1.82) is 0 Å². The number of aliphatic hydroxyl groups excluding tert-OH is 5. The van der Waals surface area contributed by atoms with Gasteiger partial charge in [0.05, 0.1) is 25.4 Å². The second-order valence-corrected chi connectivity index (χ2v) is 17.6. The van der Waals surface area contributed by atoms with E-state index in [0.717, 1.165) is 116 Å². The predicted octanol–water partition coefficient (Wildman–Crippen LogP) is 12.6. The van der Waals surface area contributed by atoms with Gasteiger partial charge in [-0.1, -0.05) is 199 Å². The van der Waals surface area contributed by atoms with Crippen LogP contribution in [-0.4, -0.2) is 87.5 Å². The number of carbonyl (C=O) groups is 1. The Morgan fingerprint density at radius 3 is 1.41 bits per heavy atom. The summed E-state index contributed by atoms with van der Waals surface area (Å²) in [4.78, 5) is 13.0. The molecular formula is C59H95NO8. The van der Waals surface area contributed by atoms with Crippen LogP contribution >= 0.6 is 0 Å². The first kappa shape index (κ1) is 62.3. The number of hydrogen-bond donors (Lipinski definition) is 6. The highest BCUT2D eigenvalue weighted by atomic mass is 16.7. The van der Waals surface area contributed by atoms with Gasteiger partial charge in [-0.3, -0.25) is 4.79 Å². The molecule has 0 radical (unpaired) electrons. The van der Waals surface area contributed by atoms with Crippen LogP contribution in [0.5, 0.6) is 0 Å². The van der Waals surface area contributed by atoms with Crippen molar-refractivity contribution in [2.24, 2.45) is 0 Å². The molecule has 0 aromatic carbocycles. The third kappa shape index (κ3) is 36.3. The topological polar surface area (TPSA) is 149 Å². The summed E-state index contributed by atoms with van der Waals surface area (Å²) in [5.41, 5.74) is 0. The van der Waals surface area contributed by atoms with Gasteiger partial charge in [0.15, 0.2) is 6.29 Å². The van der Waals surface area contributed by atoms with Gasteiger partial charge in [0, 0.05) is 6.42 Å². The van der Waals surface area contributed by atoms with Crippen molar-refractivity contribution < 1.29 is 39.8 Å². The van der Waals surface area contributed by atoms with E-state index in [0.29, 0.717) is 6.42 Å². The third-order valence-electron chi connectivity index (χ3n) is 11.4. The maximum atomic E-state index is 13.0. The van der Waals surface area contributed by atoms with E-state index in [9.17, 15) is 30.3 Å². The number of carbonyl (C=O) groups excluding carboxylic acids is 1. The Bertz CT molecular complexity index is 1520. The third-order valence-corrected chi connectivity index (χ3v) is 11.4. The number of nitrogens with one attached hydrogen (secondary N) is 1. The number of aliphatic hydroxyl groups is 5. The first-order valence-electron chi connectivity index (χ1n) is 26.4. The zero-order chi connectivity index (χ0) is 49.4. The fourth-order valence-corrected chi connectivity index (χ4v) is 7.25. The molecule has 0 aliphatic carbocycles. The molecule has 7 unspecified atom stereocenters. The molecule has 1 rings (SSSR count). The molecular weight excluding hydrogens is 851 g/mol. The van der Waals surface area contributed by atoms with E-state index in [2.05, 4.69) is 141 Å². The highest BCUT2D eigenvalue weighted by Gasteiger charge is 2.44. The number of amides is 1. The van der Waals surface area contributed by atoms with Crippen LogP contribution in [0.1, 0.15) is 174 Å². The molecule has 1 heterocycles. The quantitative estimate of drug-likeness (QED) is 0.0262. The molecule has 0 aromatic rings. The van der Waals surface area contributed by atoms with Crippen LogP contribution in [0.3, 0.4) is 0 Å². The van der Waals surface area contributed by atoms with Crippen LogP contribution < -0.4 is 5.32 Å². The van der Waals surface area contributed by atoms with Crippen LogP contribution in [0.2, 0.25) is 0 Å². The van der Waals surface area contributed by atoms with Crippen LogP contribution in [0.4, 0.5) is 0 Å². The molecule has 68 heavy (non-hydrogen) atoms. The zero-order valence-electron chi connectivity index (χ0n) is 42.3. The summed E-state index contributed by atoms with van der Waals surface area (Å²) in [6.45, 7) is 3.56. The average Bonchev–Trinajstić information content (AvgIpc) is 3.34. The average molecular weight is 946 g/mol. The summed E-state index contributed by atoms with van der Waals surface area (Å²) < 4.78 is 11.2. The van der Waals surface area contributed by atoms with Gasteiger partial charge in [0.1, 0.15) is 24.4 Å². The van der Waals surface area contributed by atoms with Gasteiger partial charge in [-0.2, -0.15) is 0 Å². The summed E-state index contributed by atoms with van der Waals surface area (Å²) in [6, 6.07) is -0.841. The Labute approximate surface area is 413 Å². The minimum atomic E-state index is -1.58. The van der Waals surface area contributed by atoms with Gasteiger partial charge in [-0.15, -0.1) is 0 Å². The van der Waals surface area contributed by atoms with E-state index in [1.165, 1.54) is 38.5 Å². The number of rotatable bonds is 42. The summed E-state index contributed by atoms with van der Waals surface area (Å²) >= 11 is 0. The van der Waals surface area contributed by atoms with E-state index >= 15 is 0 Å². The lowest BCUT2D eigenvalue weighted by molar-refractivity contribution is -0.302. The lowest BCUT2D eigenvalue weighted by Gasteiger charge is -2.40. The van der Waals surface area contributed by atoms with E-state index in [1.54, 1.807) is 6.08 Å². The van der Waals surface area contributed by atoms with Crippen LogP contribution in [0.15, 0.2) is 134 Å². The van der Waals surface area contributed by atoms with Crippen molar-refractivity contribution in [2.45, 2.75) is 217 Å². The number of allylic oxidation sites excluding steroid dienone is 21. The van der Waals surface area contributed by atoms with Crippen molar-refractivity contribution >= 4 is 5.91 Å². The van der Waals surface area contributed by atoms with E-state index in [1.807, 2.05) is 6.08 Å². The Morgan fingerprint density at radius 2 is 0.926 bits per heavy atom. The summed E-state index contributed by atoms with van der Waals surface area (Å²) in [6.07, 6.45) is 65.1. The summed E-state index contributed by atoms with van der Waals surface area (Å²) in [7, 11) is 0. The SMILES string of the molecule is CC/C=C\C/C=C\C/C=C\C/C=C\C/C=C\C/C=C\C/C=C\C/C=C\CCCCCCCCCCC(=O)NC(COC1OC(CO)C(O)C(O)C1O)C(O)/C=C/CC/C=C/CC/C=C/CCCC. The predicted molar refractivity (Wildman–Crippen MR) is 285 cm³/mol. The largest absolute Gasteiger partial charge is 0.394 e. The van der Waals surface area contributed by atoms with Crippen molar-refractivity contribution in [3.63, 3.8) is 0 Å². The fourth-order valence-electron chi connectivity index (χ4n) is 7.25. The standard InChI is InChI=1S/C59H95NO8/c1-3-5-7-9-11-13-15-17-18-19-20-21-22-23-24-25-26-27-28-29-30-31-32-33-34-35-36-37-39-41-43-45-47-49-55(63)60-52(51-67-59-58(66)57(65)56(64)54(50-61)68-59)53(62)48-46-44-42-40-38-16-14-12-10-8-6-4-2/h5,7,10-13,17-18,20-21,23-24,26-27,29-30,32-33,38,40,46,48,52-54,56-59,61-62,64-66H,3-4,6,8-9,14-16,19,22,25,28,31,34-37,39,41-45,47,49-51H2,1-2H3,(H,60,63)/b7-5-,12-10+,13-11-,18-17-,21-20-,24-23-,27-26-,30-29-,33-32-,40-38+,48-46+. The van der Waals surface area contributed by atoms with Gasteiger partial charge >= 0.3 is 0 Å². The molecule has 0 spiro atoms. The number of hydrogen-bond acceptors (Lipinski definition) is 8. The van der Waals surface area contributed by atoms with Gasteiger partial charge in [0.25, 0.3) is 0 Å². The molecule has 1 aliphatic rings. The van der Waals surface area contributed by atoms with Crippen molar-refractivity contribution in [3.05, 3.63) is 134 Å². The summed E-state index contributed by atoms with van der Waals surface area (Å²) in [5.74, 6) is -0.208. The molecule has 1 saturated heterocycles. The highest BCUT2D eigenvalue weighted by Crippen LogP contribution is 2.22. The van der Waals surface area contributed by atoms with E-state index in [-0.39, 0.29) is 12.5 Å². The monoisotopic (exact) mass is 946 g/mol. The minimum Gasteiger partial charge on any atom is -0.394 e. The maximum absolute atomic E-state index is 13.0. The number of unbranched alkanes of at least 4 members (excludes halogenated alkanes) is 12. The number of ether oxygens (including phenoxy) is 2. The van der Waals surface area contributed by atoms with Crippen molar-refractivity contribution in [1.82, 2.24) is 5.32 Å².